The summed E-state index contributed by atoms with van der Waals surface area (Å²) in [6.45, 7) is 4.43. The molecule has 6 rings (SSSR count). The first-order chi connectivity index (χ1) is 34.0. The molecule has 9 N–H and O–H groups in total. The van der Waals surface area contributed by atoms with Crippen molar-refractivity contribution in [1.82, 2.24) is 36.1 Å². The van der Waals surface area contributed by atoms with Crippen molar-refractivity contribution in [3.63, 3.8) is 0 Å². The summed E-state index contributed by atoms with van der Waals surface area (Å²) in [5.74, 6) is -7.56. The van der Waals surface area contributed by atoms with Crippen LogP contribution in [0, 0.1) is 17.8 Å². The van der Waals surface area contributed by atoms with Crippen LogP contribution in [0.5, 0.6) is 0 Å². The summed E-state index contributed by atoms with van der Waals surface area (Å²) < 4.78 is 0. The zero-order chi connectivity index (χ0) is 51.2. The molecule has 0 bridgehead atoms. The third-order valence-electron chi connectivity index (χ3n) is 12.9. The number of carbonyl (C=O) groups is 9. The van der Waals surface area contributed by atoms with Crippen molar-refractivity contribution in [2.24, 2.45) is 34.2 Å². The number of aliphatic imine (C=N–C) groups is 1. The monoisotopic (exact) mass is 1010 g/mol. The Hall–Kier alpha value is -6.61. The first kappa shape index (κ1) is 53.7. The summed E-state index contributed by atoms with van der Waals surface area (Å²) >= 11 is 0. The second kappa shape index (κ2) is 25.5. The maximum atomic E-state index is 14.7. The van der Waals surface area contributed by atoms with Gasteiger partial charge in [-0.3, -0.25) is 43.3 Å². The van der Waals surface area contributed by atoms with Gasteiger partial charge >= 0.3 is 6.03 Å². The van der Waals surface area contributed by atoms with E-state index in [1.165, 1.54) is 44.1 Å². The van der Waals surface area contributed by atoms with Gasteiger partial charge in [0.25, 0.3) is 5.91 Å². The zero-order valence-corrected chi connectivity index (χ0v) is 41.7. The summed E-state index contributed by atoms with van der Waals surface area (Å²) in [5.41, 5.74) is 15.3. The maximum absolute atomic E-state index is 14.7. The SMILES string of the molecule is CC(=O)[C@@H]1CSSC[C@H](N2C(=O)N[C@@H](C)C2=O)C(=O)N[C@H](C)C(=O)C[C@@H](Cc2cnc[nH]2)C(=O)N[C@H](Cc2ccccc2)C(=O)C[C@@H](CCCN=C(N)N)C(=O)N[C@@H](CC2=CCc3ccccc32)C(=O)C1. The van der Waals surface area contributed by atoms with Gasteiger partial charge in [-0.15, -0.1) is 0 Å². The van der Waals surface area contributed by atoms with Crippen LogP contribution in [0.2, 0.25) is 0 Å². The lowest BCUT2D eigenvalue weighted by molar-refractivity contribution is -0.137. The number of rotatable bonds is 12. The molecule has 6 amide bonds. The molecule has 3 aliphatic rings. The number of hydrogen-bond donors (Lipinski definition) is 7. The fourth-order valence-electron chi connectivity index (χ4n) is 8.81. The molecule has 2 aromatic carbocycles. The lowest BCUT2D eigenvalue weighted by Gasteiger charge is -2.26. The van der Waals surface area contributed by atoms with E-state index in [1.807, 2.05) is 30.3 Å². The van der Waals surface area contributed by atoms with E-state index in [2.05, 4.69) is 36.2 Å². The highest BCUT2D eigenvalue weighted by Crippen LogP contribution is 2.33. The molecule has 21 heteroatoms. The van der Waals surface area contributed by atoms with Gasteiger partial charge in [0.15, 0.2) is 23.3 Å². The maximum Gasteiger partial charge on any atom is 0.325 e. The fourth-order valence-corrected chi connectivity index (χ4v) is 11.4. The molecule has 3 aromatic rings. The second-order valence-electron chi connectivity index (χ2n) is 18.2. The van der Waals surface area contributed by atoms with Crippen LogP contribution in [-0.2, 0) is 57.6 Å². The van der Waals surface area contributed by atoms with Crippen molar-refractivity contribution in [3.05, 3.63) is 95.6 Å². The van der Waals surface area contributed by atoms with Crippen LogP contribution in [0.25, 0.3) is 5.57 Å². The number of aromatic nitrogens is 2. The standard InChI is InChI=1S/C50H62N10O9S2/c1-28-42(62)22-35(19-37-24-53-27-55-37)46(66)58-39(18-31-10-5-4-6-11-31)43(63)21-34(13-9-17-54-49(51)52)45(65)59-40(20-33-16-15-32-12-7-8-14-38(32)33)44(64)23-36(30(3)61)25-70-71-26-41(47(67)56-28)60-48(68)29(2)57-50(60)69/h4-8,10-12,14,16,24,27-29,34-36,39-41H,9,13,15,17-23,25-26H2,1-3H3,(H,53,55)(H,56,67)(H,57,69)(H,58,66)(H,59,65)(H4,51,52,54)/t28-,29+,34-,35-,36+,39-,40+,41+/m1/s1. The first-order valence-corrected chi connectivity index (χ1v) is 26.2. The molecule has 2 aliphatic heterocycles. The zero-order valence-electron chi connectivity index (χ0n) is 40.0. The van der Waals surface area contributed by atoms with Crippen LogP contribution in [0.4, 0.5) is 4.79 Å². The highest BCUT2D eigenvalue weighted by atomic mass is 33.1. The number of carbonyl (C=O) groups excluding carboxylic acids is 9. The van der Waals surface area contributed by atoms with E-state index >= 15 is 0 Å². The van der Waals surface area contributed by atoms with E-state index in [4.69, 9.17) is 11.5 Å². The van der Waals surface area contributed by atoms with Crippen molar-refractivity contribution in [1.29, 1.82) is 0 Å². The molecule has 2 fully saturated rings. The molecule has 378 valence electrons. The number of allylic oxidation sites excluding steroid dienone is 1. The Kier molecular flexibility index (Phi) is 19.3. The molecule has 3 heterocycles. The minimum atomic E-state index is -1.39. The van der Waals surface area contributed by atoms with Crippen LogP contribution in [0.1, 0.15) is 81.7 Å². The Bertz CT molecular complexity index is 2520. The van der Waals surface area contributed by atoms with Gasteiger partial charge in [0.05, 0.1) is 30.4 Å². The molecule has 0 saturated carbocycles. The molecule has 0 unspecified atom stereocenters. The van der Waals surface area contributed by atoms with Gasteiger partial charge in [-0.25, -0.2) is 14.7 Å². The topological polar surface area (TPSA) is 298 Å². The molecule has 71 heavy (non-hydrogen) atoms. The summed E-state index contributed by atoms with van der Waals surface area (Å²) in [6.07, 6.45) is 5.09. The van der Waals surface area contributed by atoms with E-state index in [9.17, 15) is 43.2 Å². The first-order valence-electron chi connectivity index (χ1n) is 23.7. The number of fused-ring (bicyclic) bond motifs is 1. The summed E-state index contributed by atoms with van der Waals surface area (Å²) in [7, 11) is 2.28. The number of nitrogens with one attached hydrogen (secondary N) is 5. The van der Waals surface area contributed by atoms with Crippen molar-refractivity contribution in [3.8, 4) is 0 Å². The highest BCUT2D eigenvalue weighted by Gasteiger charge is 2.44. The van der Waals surface area contributed by atoms with Crippen LogP contribution < -0.4 is 32.7 Å². The number of Topliss-reactive ketones (excluding diaryl/α,β-unsaturated/α-hetero) is 4. The number of urea groups is 1. The largest absolute Gasteiger partial charge is 0.370 e. The Morgan fingerprint density at radius 3 is 2.08 bits per heavy atom. The average molecular weight is 1010 g/mol. The molecule has 8 atom stereocenters. The smallest absolute Gasteiger partial charge is 0.325 e. The number of ketones is 4. The fraction of sp³-hybridized carbons (Fsp3) is 0.460. The number of imide groups is 1. The Morgan fingerprint density at radius 1 is 0.746 bits per heavy atom. The minimum absolute atomic E-state index is 0.00524. The predicted molar refractivity (Wildman–Crippen MR) is 270 cm³/mol. The lowest BCUT2D eigenvalue weighted by atomic mass is 9.88. The molecular weight excluding hydrogens is 949 g/mol. The van der Waals surface area contributed by atoms with E-state index in [-0.39, 0.29) is 74.7 Å². The van der Waals surface area contributed by atoms with Gasteiger partial charge in [0, 0.05) is 73.9 Å². The van der Waals surface area contributed by atoms with Crippen LogP contribution >= 0.6 is 21.6 Å². The van der Waals surface area contributed by atoms with E-state index in [1.54, 1.807) is 30.3 Å². The minimum Gasteiger partial charge on any atom is -0.370 e. The van der Waals surface area contributed by atoms with Crippen molar-refractivity contribution < 1.29 is 43.2 Å². The molecule has 0 spiro atoms. The summed E-state index contributed by atoms with van der Waals surface area (Å²) in [4.78, 5) is 138. The van der Waals surface area contributed by atoms with E-state index in [0.717, 1.165) is 32.4 Å². The quantitative estimate of drug-likeness (QED) is 0.0452. The van der Waals surface area contributed by atoms with E-state index < -0.39 is 101 Å². The number of nitrogens with two attached hydrogens (primary N) is 2. The number of hydrogen-bond acceptors (Lipinski definition) is 13. The molecule has 1 aromatic heterocycles. The normalized spacial score (nSPS) is 25.6. The van der Waals surface area contributed by atoms with Crippen molar-refractivity contribution in [2.45, 2.75) is 109 Å². The molecule has 19 nitrogen and oxygen atoms in total. The number of guanidine groups is 1. The Labute approximate surface area is 420 Å². The molecule has 0 radical (unpaired) electrons. The second-order valence-corrected chi connectivity index (χ2v) is 20.8. The van der Waals surface area contributed by atoms with Gasteiger partial charge in [-0.2, -0.15) is 0 Å². The van der Waals surface area contributed by atoms with Gasteiger partial charge in [-0.1, -0.05) is 82.3 Å². The van der Waals surface area contributed by atoms with Crippen molar-refractivity contribution in [2.75, 3.05) is 18.1 Å². The number of nitrogens with zero attached hydrogens (tertiary/aromatic N) is 3. The predicted octanol–water partition coefficient (Wildman–Crippen LogP) is 2.77. The van der Waals surface area contributed by atoms with Crippen molar-refractivity contribution >= 4 is 85.9 Å². The third kappa shape index (κ3) is 15.0. The van der Waals surface area contributed by atoms with E-state index in [0.29, 0.717) is 17.7 Å². The van der Waals surface area contributed by atoms with Crippen LogP contribution in [-0.4, -0.2) is 122 Å². The number of imidazole rings is 1. The molecule has 1 aliphatic carbocycles. The number of aromatic amines is 1. The number of amides is 6. The van der Waals surface area contributed by atoms with Crippen LogP contribution in [0.15, 0.2) is 78.2 Å². The lowest BCUT2D eigenvalue weighted by Crippen LogP contribution is -2.54. The highest BCUT2D eigenvalue weighted by molar-refractivity contribution is 8.76. The Balaban J connectivity index is 1.38. The molecule has 2 saturated heterocycles. The van der Waals surface area contributed by atoms with Gasteiger partial charge in [0.2, 0.25) is 17.7 Å². The molecular formula is C50H62N10O9S2. The number of H-pyrrole nitrogens is 1. The average Bonchev–Trinajstić information content (AvgIpc) is 4.07. The number of benzene rings is 2. The van der Waals surface area contributed by atoms with Gasteiger partial charge in [-0.05, 0) is 68.7 Å². The summed E-state index contributed by atoms with van der Waals surface area (Å²) in [6, 6.07) is 10.1. The Morgan fingerprint density at radius 2 is 1.41 bits per heavy atom. The summed E-state index contributed by atoms with van der Waals surface area (Å²) in [5, 5.41) is 11.0. The van der Waals surface area contributed by atoms with Gasteiger partial charge in [0.1, 0.15) is 17.9 Å². The van der Waals surface area contributed by atoms with Crippen LogP contribution in [0.3, 0.4) is 0 Å². The van der Waals surface area contributed by atoms with Gasteiger partial charge < -0.3 is 37.7 Å². The third-order valence-corrected chi connectivity index (χ3v) is 15.4.